The third-order valence-electron chi connectivity index (χ3n) is 4.90. The van der Waals surface area contributed by atoms with Crippen molar-refractivity contribution in [3.8, 4) is 5.75 Å². The number of pyridine rings is 1. The number of ether oxygens (including phenoxy) is 2. The normalized spacial score (nSPS) is 20.9. The molecule has 1 aromatic carbocycles. The summed E-state index contributed by atoms with van der Waals surface area (Å²) in [6.45, 7) is 4.50. The average Bonchev–Trinajstić information content (AvgIpc) is 3.50. The fraction of sp³-hybridized carbons (Fsp3) is 0.429. The molecule has 1 atom stereocenters. The molecule has 0 saturated heterocycles. The number of amides is 1. The SMILES string of the molecule is CC1(COCC2CC2)COc2ccc(C(=O)NCc3ccncc3)cc2N1. The van der Waals surface area contributed by atoms with Crippen molar-refractivity contribution in [2.24, 2.45) is 5.92 Å². The summed E-state index contributed by atoms with van der Waals surface area (Å²) in [5, 5.41) is 6.43. The van der Waals surface area contributed by atoms with Crippen LogP contribution < -0.4 is 15.4 Å². The monoisotopic (exact) mass is 367 g/mol. The van der Waals surface area contributed by atoms with Gasteiger partial charge in [-0.2, -0.15) is 0 Å². The van der Waals surface area contributed by atoms with Gasteiger partial charge in [-0.1, -0.05) is 0 Å². The predicted octanol–water partition coefficient (Wildman–Crippen LogP) is 3.00. The lowest BCUT2D eigenvalue weighted by atomic mass is 10.0. The molecule has 4 rings (SSSR count). The van der Waals surface area contributed by atoms with Crippen molar-refractivity contribution in [1.29, 1.82) is 0 Å². The molecule has 2 heterocycles. The zero-order valence-corrected chi connectivity index (χ0v) is 15.5. The summed E-state index contributed by atoms with van der Waals surface area (Å²) >= 11 is 0. The molecule has 1 aliphatic carbocycles. The maximum atomic E-state index is 12.5. The Morgan fingerprint density at radius 3 is 2.93 bits per heavy atom. The molecule has 0 radical (unpaired) electrons. The van der Waals surface area contributed by atoms with Gasteiger partial charge < -0.3 is 20.1 Å². The van der Waals surface area contributed by atoms with E-state index < -0.39 is 0 Å². The summed E-state index contributed by atoms with van der Waals surface area (Å²) in [6.07, 6.45) is 5.99. The largest absolute Gasteiger partial charge is 0.489 e. The van der Waals surface area contributed by atoms with Gasteiger partial charge in [-0.25, -0.2) is 0 Å². The fourth-order valence-corrected chi connectivity index (χ4v) is 3.09. The molecule has 1 fully saturated rings. The smallest absolute Gasteiger partial charge is 0.251 e. The van der Waals surface area contributed by atoms with Crippen LogP contribution in [0.1, 0.15) is 35.7 Å². The first-order valence-corrected chi connectivity index (χ1v) is 9.41. The summed E-state index contributed by atoms with van der Waals surface area (Å²) < 4.78 is 11.7. The molecule has 2 aromatic rings. The first-order chi connectivity index (χ1) is 13.1. The first-order valence-electron chi connectivity index (χ1n) is 9.41. The number of carbonyl (C=O) groups is 1. The highest BCUT2D eigenvalue weighted by Crippen LogP contribution is 2.34. The quantitative estimate of drug-likeness (QED) is 0.787. The van der Waals surface area contributed by atoms with E-state index in [0.717, 1.165) is 29.5 Å². The molecular weight excluding hydrogens is 342 g/mol. The molecule has 1 saturated carbocycles. The second-order valence-corrected chi connectivity index (χ2v) is 7.68. The summed E-state index contributed by atoms with van der Waals surface area (Å²) in [6, 6.07) is 9.24. The minimum absolute atomic E-state index is 0.117. The Hall–Kier alpha value is -2.60. The van der Waals surface area contributed by atoms with Gasteiger partial charge in [0.15, 0.2) is 0 Å². The highest BCUT2D eigenvalue weighted by Gasteiger charge is 2.32. The van der Waals surface area contributed by atoms with Crippen LogP contribution in [0.4, 0.5) is 5.69 Å². The number of rotatable bonds is 7. The standard InChI is InChI=1S/C21H25N3O3/c1-21(13-26-12-16-2-3-16)14-27-19-5-4-17(10-18(19)24-21)20(25)23-11-15-6-8-22-9-7-15/h4-10,16,24H,2-3,11-14H2,1H3,(H,23,25). The van der Waals surface area contributed by atoms with Crippen LogP contribution in [0.2, 0.25) is 0 Å². The Labute approximate surface area is 159 Å². The lowest BCUT2D eigenvalue weighted by Gasteiger charge is -2.36. The van der Waals surface area contributed by atoms with E-state index >= 15 is 0 Å². The first kappa shape index (κ1) is 17.8. The third kappa shape index (κ3) is 4.57. The number of fused-ring (bicyclic) bond motifs is 1. The molecule has 1 amide bonds. The van der Waals surface area contributed by atoms with Crippen LogP contribution in [0, 0.1) is 5.92 Å². The maximum absolute atomic E-state index is 12.5. The molecule has 1 aliphatic heterocycles. The molecule has 6 nitrogen and oxygen atoms in total. The van der Waals surface area contributed by atoms with Gasteiger partial charge in [-0.05, 0) is 61.6 Å². The van der Waals surface area contributed by atoms with E-state index in [4.69, 9.17) is 9.47 Å². The van der Waals surface area contributed by atoms with E-state index in [1.807, 2.05) is 24.3 Å². The fourth-order valence-electron chi connectivity index (χ4n) is 3.09. The number of anilines is 1. The number of aromatic nitrogens is 1. The molecular formula is C21H25N3O3. The maximum Gasteiger partial charge on any atom is 0.251 e. The van der Waals surface area contributed by atoms with Crippen molar-refractivity contribution in [3.63, 3.8) is 0 Å². The van der Waals surface area contributed by atoms with Gasteiger partial charge in [0.2, 0.25) is 0 Å². The molecule has 6 heteroatoms. The number of hydrogen-bond acceptors (Lipinski definition) is 5. The van der Waals surface area contributed by atoms with Crippen molar-refractivity contribution in [1.82, 2.24) is 10.3 Å². The molecule has 2 N–H and O–H groups in total. The molecule has 1 aromatic heterocycles. The van der Waals surface area contributed by atoms with Crippen LogP contribution in [0.15, 0.2) is 42.7 Å². The van der Waals surface area contributed by atoms with Crippen molar-refractivity contribution >= 4 is 11.6 Å². The number of benzene rings is 1. The van der Waals surface area contributed by atoms with Crippen LogP contribution in [0.5, 0.6) is 5.75 Å². The number of hydrogen-bond donors (Lipinski definition) is 2. The molecule has 1 unspecified atom stereocenters. The van der Waals surface area contributed by atoms with E-state index in [1.165, 1.54) is 12.8 Å². The van der Waals surface area contributed by atoms with Crippen molar-refractivity contribution in [3.05, 3.63) is 53.9 Å². The van der Waals surface area contributed by atoms with Crippen molar-refractivity contribution < 1.29 is 14.3 Å². The number of carbonyl (C=O) groups excluding carboxylic acids is 1. The van der Waals surface area contributed by atoms with Crippen molar-refractivity contribution in [2.45, 2.75) is 31.8 Å². The molecule has 0 bridgehead atoms. The van der Waals surface area contributed by atoms with Gasteiger partial charge in [0.1, 0.15) is 12.4 Å². The lowest BCUT2D eigenvalue weighted by Crippen LogP contribution is -2.48. The van der Waals surface area contributed by atoms with E-state index in [-0.39, 0.29) is 11.4 Å². The minimum Gasteiger partial charge on any atom is -0.489 e. The van der Waals surface area contributed by atoms with Gasteiger partial charge in [-0.15, -0.1) is 0 Å². The van der Waals surface area contributed by atoms with Crippen LogP contribution in [-0.2, 0) is 11.3 Å². The second kappa shape index (κ2) is 7.56. The molecule has 0 spiro atoms. The van der Waals surface area contributed by atoms with Gasteiger partial charge in [0.05, 0.1) is 17.8 Å². The van der Waals surface area contributed by atoms with Gasteiger partial charge in [-0.3, -0.25) is 9.78 Å². The van der Waals surface area contributed by atoms with Crippen LogP contribution in [-0.4, -0.2) is 36.3 Å². The lowest BCUT2D eigenvalue weighted by molar-refractivity contribution is 0.0667. The average molecular weight is 367 g/mol. The Kier molecular flexibility index (Phi) is 4.99. The van der Waals surface area contributed by atoms with E-state index in [2.05, 4.69) is 22.5 Å². The minimum atomic E-state index is -0.298. The van der Waals surface area contributed by atoms with E-state index in [0.29, 0.717) is 25.3 Å². The van der Waals surface area contributed by atoms with Gasteiger partial charge in [0.25, 0.3) is 5.91 Å². The van der Waals surface area contributed by atoms with Gasteiger partial charge in [0, 0.05) is 31.1 Å². The highest BCUT2D eigenvalue weighted by molar-refractivity contribution is 5.95. The summed E-state index contributed by atoms with van der Waals surface area (Å²) in [5.41, 5.74) is 2.14. The summed E-state index contributed by atoms with van der Waals surface area (Å²) in [4.78, 5) is 16.5. The van der Waals surface area contributed by atoms with E-state index in [9.17, 15) is 4.79 Å². The second-order valence-electron chi connectivity index (χ2n) is 7.68. The Morgan fingerprint density at radius 2 is 2.15 bits per heavy atom. The summed E-state index contributed by atoms with van der Waals surface area (Å²) in [5.74, 6) is 1.38. The van der Waals surface area contributed by atoms with Crippen molar-refractivity contribution in [2.75, 3.05) is 25.1 Å². The number of nitrogens with zero attached hydrogens (tertiary/aromatic N) is 1. The number of nitrogens with one attached hydrogen (secondary N) is 2. The Morgan fingerprint density at radius 1 is 1.33 bits per heavy atom. The predicted molar refractivity (Wildman–Crippen MR) is 103 cm³/mol. The zero-order chi connectivity index (χ0) is 18.7. The van der Waals surface area contributed by atoms with E-state index in [1.54, 1.807) is 18.5 Å². The summed E-state index contributed by atoms with van der Waals surface area (Å²) in [7, 11) is 0. The molecule has 27 heavy (non-hydrogen) atoms. The highest BCUT2D eigenvalue weighted by atomic mass is 16.5. The third-order valence-corrected chi connectivity index (χ3v) is 4.90. The Balaban J connectivity index is 1.38. The molecule has 2 aliphatic rings. The van der Waals surface area contributed by atoms with Crippen LogP contribution in [0.3, 0.4) is 0 Å². The topological polar surface area (TPSA) is 72.5 Å². The Bertz CT molecular complexity index is 808. The van der Waals surface area contributed by atoms with Gasteiger partial charge >= 0.3 is 0 Å². The molecule has 142 valence electrons. The van der Waals surface area contributed by atoms with Crippen LogP contribution >= 0.6 is 0 Å². The zero-order valence-electron chi connectivity index (χ0n) is 15.5. The van der Waals surface area contributed by atoms with Crippen LogP contribution in [0.25, 0.3) is 0 Å².